The molecule has 0 aromatic carbocycles. The number of H-pyrrole nitrogens is 1. The van der Waals surface area contributed by atoms with Crippen LogP contribution >= 0.6 is 0 Å². The second kappa shape index (κ2) is 6.50. The minimum Gasteiger partial charge on any atom is -0.268 e. The van der Waals surface area contributed by atoms with Crippen LogP contribution in [0.3, 0.4) is 0 Å². The number of hydrogen-bond acceptors (Lipinski definition) is 5. The van der Waals surface area contributed by atoms with Gasteiger partial charge in [-0.15, -0.1) is 10.2 Å². The predicted octanol–water partition coefficient (Wildman–Crippen LogP) is 3.86. The molecule has 0 amide bonds. The summed E-state index contributed by atoms with van der Waals surface area (Å²) in [5.41, 5.74) is 6.91. The molecular formula is C21H29N7. The van der Waals surface area contributed by atoms with Crippen molar-refractivity contribution < 1.29 is 0 Å². The standard InChI is InChI=1S/C21H29N7/c1-7-21(4,5)18-17(19-24-26-27-25-19)16(15-9-11-22-28(15)6)13-12-20(2,3)10-8-14(13)23-18/h9,11H,7-8,10,12H2,1-6H3,(H,24,25,26,27). The maximum atomic E-state index is 5.23. The number of nitrogens with one attached hydrogen (secondary N) is 1. The first-order chi connectivity index (χ1) is 13.2. The average Bonchev–Trinajstić information content (AvgIpc) is 3.31. The van der Waals surface area contributed by atoms with Crippen LogP contribution in [-0.2, 0) is 25.3 Å². The van der Waals surface area contributed by atoms with Gasteiger partial charge in [0.05, 0.1) is 17.0 Å². The van der Waals surface area contributed by atoms with Crippen LogP contribution in [0.4, 0.5) is 0 Å². The van der Waals surface area contributed by atoms with E-state index in [1.54, 1.807) is 0 Å². The molecule has 0 bridgehead atoms. The van der Waals surface area contributed by atoms with Gasteiger partial charge in [0.2, 0.25) is 5.82 Å². The van der Waals surface area contributed by atoms with Crippen molar-refractivity contribution >= 4 is 0 Å². The van der Waals surface area contributed by atoms with Gasteiger partial charge in [0.15, 0.2) is 0 Å². The largest absolute Gasteiger partial charge is 0.268 e. The number of aromatic nitrogens is 7. The fourth-order valence-electron chi connectivity index (χ4n) is 4.14. The Kier molecular flexibility index (Phi) is 4.36. The normalized spacial score (nSPS) is 16.2. The van der Waals surface area contributed by atoms with Crippen LogP contribution in [0.25, 0.3) is 22.6 Å². The topological polar surface area (TPSA) is 85.2 Å². The smallest absolute Gasteiger partial charge is 0.207 e. The maximum absolute atomic E-state index is 5.23. The van der Waals surface area contributed by atoms with Gasteiger partial charge >= 0.3 is 0 Å². The van der Waals surface area contributed by atoms with E-state index in [0.717, 1.165) is 48.2 Å². The first-order valence-corrected chi connectivity index (χ1v) is 10.0. The molecule has 3 aromatic rings. The Hall–Kier alpha value is -2.57. The SMILES string of the molecule is CCC(C)(C)c1nc2c(c(-c3ccnn3C)c1-c1nn[nH]n1)CC(C)(C)CC2. The van der Waals surface area contributed by atoms with Gasteiger partial charge in [0.25, 0.3) is 0 Å². The lowest BCUT2D eigenvalue weighted by Gasteiger charge is -2.35. The summed E-state index contributed by atoms with van der Waals surface area (Å²) in [4.78, 5) is 5.23. The Labute approximate surface area is 166 Å². The lowest BCUT2D eigenvalue weighted by atomic mass is 9.72. The molecular weight excluding hydrogens is 350 g/mol. The Morgan fingerprint density at radius 2 is 2.04 bits per heavy atom. The highest BCUT2D eigenvalue weighted by Gasteiger charge is 2.36. The van der Waals surface area contributed by atoms with E-state index >= 15 is 0 Å². The number of aromatic amines is 1. The van der Waals surface area contributed by atoms with E-state index < -0.39 is 0 Å². The molecule has 0 atom stereocenters. The van der Waals surface area contributed by atoms with Crippen LogP contribution < -0.4 is 0 Å². The number of aryl methyl sites for hydroxylation is 2. The van der Waals surface area contributed by atoms with Crippen LogP contribution in [0.1, 0.15) is 64.4 Å². The Morgan fingerprint density at radius 1 is 1.25 bits per heavy atom. The molecule has 4 rings (SSSR count). The molecule has 1 aliphatic rings. The molecule has 7 nitrogen and oxygen atoms in total. The number of hydrogen-bond donors (Lipinski definition) is 1. The summed E-state index contributed by atoms with van der Waals surface area (Å²) in [6.07, 6.45) is 5.94. The van der Waals surface area contributed by atoms with Crippen molar-refractivity contribution in [3.05, 3.63) is 29.2 Å². The van der Waals surface area contributed by atoms with Crippen molar-refractivity contribution in [2.75, 3.05) is 0 Å². The molecule has 0 aliphatic heterocycles. The Morgan fingerprint density at radius 3 is 2.64 bits per heavy atom. The van der Waals surface area contributed by atoms with E-state index in [4.69, 9.17) is 4.98 Å². The van der Waals surface area contributed by atoms with Gasteiger partial charge in [-0.3, -0.25) is 9.67 Å². The molecule has 3 aromatic heterocycles. The average molecular weight is 380 g/mol. The predicted molar refractivity (Wildman–Crippen MR) is 109 cm³/mol. The molecule has 3 heterocycles. The monoisotopic (exact) mass is 379 g/mol. The number of fused-ring (bicyclic) bond motifs is 1. The summed E-state index contributed by atoms with van der Waals surface area (Å²) in [7, 11) is 1.99. The quantitative estimate of drug-likeness (QED) is 0.744. The van der Waals surface area contributed by atoms with Crippen molar-refractivity contribution in [2.24, 2.45) is 12.5 Å². The number of tetrazole rings is 1. The number of rotatable bonds is 4. The number of pyridine rings is 1. The van der Waals surface area contributed by atoms with Gasteiger partial charge in [0.1, 0.15) is 0 Å². The summed E-state index contributed by atoms with van der Waals surface area (Å²) < 4.78 is 1.93. The van der Waals surface area contributed by atoms with E-state index in [0.29, 0.717) is 5.82 Å². The maximum Gasteiger partial charge on any atom is 0.207 e. The molecule has 0 unspecified atom stereocenters. The third-order valence-electron chi connectivity index (χ3n) is 6.25. The highest BCUT2D eigenvalue weighted by Crippen LogP contribution is 2.46. The van der Waals surface area contributed by atoms with Crippen molar-refractivity contribution in [2.45, 2.75) is 65.7 Å². The summed E-state index contributed by atoms with van der Waals surface area (Å²) in [6.45, 7) is 11.4. The zero-order valence-electron chi connectivity index (χ0n) is 17.7. The zero-order valence-corrected chi connectivity index (χ0v) is 17.7. The van der Waals surface area contributed by atoms with E-state index in [2.05, 4.69) is 66.4 Å². The van der Waals surface area contributed by atoms with Crippen LogP contribution in [0.5, 0.6) is 0 Å². The molecule has 0 saturated carbocycles. The highest BCUT2D eigenvalue weighted by molar-refractivity contribution is 5.84. The van der Waals surface area contributed by atoms with Gasteiger partial charge in [-0.2, -0.15) is 10.3 Å². The molecule has 1 N–H and O–H groups in total. The van der Waals surface area contributed by atoms with Gasteiger partial charge < -0.3 is 0 Å². The van der Waals surface area contributed by atoms with Crippen LogP contribution in [-0.4, -0.2) is 35.4 Å². The second-order valence-electron chi connectivity index (χ2n) is 9.29. The van der Waals surface area contributed by atoms with Crippen molar-refractivity contribution in [3.8, 4) is 22.6 Å². The Bertz CT molecular complexity index is 996. The minimum atomic E-state index is -0.106. The molecule has 1 aliphatic carbocycles. The summed E-state index contributed by atoms with van der Waals surface area (Å²) >= 11 is 0. The molecule has 0 fully saturated rings. The first-order valence-electron chi connectivity index (χ1n) is 10.0. The molecule has 28 heavy (non-hydrogen) atoms. The second-order valence-corrected chi connectivity index (χ2v) is 9.29. The minimum absolute atomic E-state index is 0.106. The van der Waals surface area contributed by atoms with E-state index in [1.165, 1.54) is 11.3 Å². The van der Waals surface area contributed by atoms with E-state index in [1.807, 2.05) is 17.9 Å². The van der Waals surface area contributed by atoms with Crippen molar-refractivity contribution in [1.82, 2.24) is 35.4 Å². The van der Waals surface area contributed by atoms with Gasteiger partial charge in [-0.1, -0.05) is 34.6 Å². The summed E-state index contributed by atoms with van der Waals surface area (Å²) in [5.74, 6) is 0.603. The lowest BCUT2D eigenvalue weighted by molar-refractivity contribution is 0.311. The number of nitrogens with zero attached hydrogens (tertiary/aromatic N) is 6. The van der Waals surface area contributed by atoms with Gasteiger partial charge in [-0.25, -0.2) is 0 Å². The molecule has 7 heteroatoms. The van der Waals surface area contributed by atoms with Gasteiger partial charge in [0, 0.05) is 29.9 Å². The van der Waals surface area contributed by atoms with Crippen LogP contribution in [0.2, 0.25) is 0 Å². The van der Waals surface area contributed by atoms with Gasteiger partial charge in [-0.05, 0) is 47.9 Å². The summed E-state index contributed by atoms with van der Waals surface area (Å²) in [5, 5.41) is 19.6. The zero-order chi connectivity index (χ0) is 20.1. The van der Waals surface area contributed by atoms with E-state index in [-0.39, 0.29) is 10.8 Å². The Balaban J connectivity index is 2.13. The van der Waals surface area contributed by atoms with Crippen LogP contribution in [0, 0.1) is 5.41 Å². The van der Waals surface area contributed by atoms with Crippen molar-refractivity contribution in [1.29, 1.82) is 0 Å². The first kappa shape index (κ1) is 18.8. The van der Waals surface area contributed by atoms with Crippen LogP contribution in [0.15, 0.2) is 12.3 Å². The summed E-state index contributed by atoms with van der Waals surface area (Å²) in [6, 6.07) is 2.07. The van der Waals surface area contributed by atoms with E-state index in [9.17, 15) is 0 Å². The molecule has 148 valence electrons. The fourth-order valence-corrected chi connectivity index (χ4v) is 4.14. The van der Waals surface area contributed by atoms with Crippen molar-refractivity contribution in [3.63, 3.8) is 0 Å². The third-order valence-corrected chi connectivity index (χ3v) is 6.25. The molecule has 0 saturated heterocycles. The lowest BCUT2D eigenvalue weighted by Crippen LogP contribution is -2.28. The fraction of sp³-hybridized carbons (Fsp3) is 0.571. The molecule has 0 radical (unpaired) electrons. The highest BCUT2D eigenvalue weighted by atomic mass is 15.5. The third kappa shape index (κ3) is 3.02. The molecule has 0 spiro atoms.